The van der Waals surface area contributed by atoms with Crippen LogP contribution in [0.5, 0.6) is 0 Å². The number of carbonyl (C=O) groups excluding carboxylic acids is 2. The smallest absolute Gasteiger partial charge is 0.243 e. The zero-order chi connectivity index (χ0) is 23.7. The molecule has 0 radical (unpaired) electrons. The van der Waals surface area contributed by atoms with Crippen molar-refractivity contribution >= 4 is 27.5 Å². The molecule has 1 aromatic carbocycles. The molecule has 3 heterocycles. The van der Waals surface area contributed by atoms with Crippen molar-refractivity contribution in [2.75, 3.05) is 24.5 Å². The molecule has 9 heteroatoms. The van der Waals surface area contributed by atoms with Gasteiger partial charge in [0.2, 0.25) is 21.8 Å². The first-order valence-corrected chi connectivity index (χ1v) is 13.6. The second-order valence-corrected chi connectivity index (χ2v) is 11.4. The zero-order valence-electron chi connectivity index (χ0n) is 19.2. The fourth-order valence-electron chi connectivity index (χ4n) is 5.08. The molecule has 8 nitrogen and oxygen atoms in total. The van der Waals surface area contributed by atoms with Crippen LogP contribution in [0.15, 0.2) is 45.9 Å². The van der Waals surface area contributed by atoms with Gasteiger partial charge in [-0.2, -0.15) is 4.31 Å². The molecule has 2 amide bonds. The average molecular weight is 486 g/mol. The number of sulfonamides is 1. The Morgan fingerprint density at radius 2 is 1.79 bits per heavy atom. The van der Waals surface area contributed by atoms with E-state index in [4.69, 9.17) is 4.42 Å². The molecule has 1 saturated heterocycles. The highest BCUT2D eigenvalue weighted by Crippen LogP contribution is 2.35. The minimum absolute atomic E-state index is 0.0709. The van der Waals surface area contributed by atoms with Crippen LogP contribution >= 0.6 is 0 Å². The maximum atomic E-state index is 13.3. The Balaban J connectivity index is 1.23. The van der Waals surface area contributed by atoms with Crippen molar-refractivity contribution in [1.82, 2.24) is 9.62 Å². The molecule has 1 N–H and O–H groups in total. The van der Waals surface area contributed by atoms with Crippen LogP contribution in [0.1, 0.15) is 49.8 Å². The molecule has 182 valence electrons. The Morgan fingerprint density at radius 3 is 2.47 bits per heavy atom. The summed E-state index contributed by atoms with van der Waals surface area (Å²) in [6.07, 6.45) is 7.15. The van der Waals surface area contributed by atoms with Crippen LogP contribution in [0.4, 0.5) is 5.69 Å². The number of hydrogen-bond donors (Lipinski definition) is 1. The van der Waals surface area contributed by atoms with E-state index in [9.17, 15) is 18.0 Å². The van der Waals surface area contributed by atoms with Crippen LogP contribution in [0, 0.1) is 11.8 Å². The molecule has 1 aromatic heterocycles. The lowest BCUT2D eigenvalue weighted by atomic mass is 9.83. The minimum atomic E-state index is -3.66. The molecule has 2 aromatic rings. The monoisotopic (exact) mass is 485 g/mol. The van der Waals surface area contributed by atoms with Crippen molar-refractivity contribution in [3.8, 4) is 0 Å². The molecular weight excluding hydrogens is 454 g/mol. The summed E-state index contributed by atoms with van der Waals surface area (Å²) in [6, 6.07) is 8.74. The number of carbonyl (C=O) groups is 2. The van der Waals surface area contributed by atoms with Gasteiger partial charge in [-0.3, -0.25) is 9.59 Å². The number of piperidine rings is 1. The van der Waals surface area contributed by atoms with Crippen LogP contribution in [0.2, 0.25) is 0 Å². The third kappa shape index (κ3) is 4.51. The lowest BCUT2D eigenvalue weighted by Gasteiger charge is -2.35. The molecule has 34 heavy (non-hydrogen) atoms. The highest BCUT2D eigenvalue weighted by Gasteiger charge is 2.35. The lowest BCUT2D eigenvalue weighted by molar-refractivity contribution is -0.126. The van der Waals surface area contributed by atoms with E-state index in [2.05, 4.69) is 5.32 Å². The van der Waals surface area contributed by atoms with E-state index >= 15 is 0 Å². The summed E-state index contributed by atoms with van der Waals surface area (Å²) in [6.45, 7) is 1.65. The van der Waals surface area contributed by atoms with Crippen molar-refractivity contribution in [3.63, 3.8) is 0 Å². The largest absolute Gasteiger partial charge is 0.467 e. The van der Waals surface area contributed by atoms with Gasteiger partial charge in [0.25, 0.3) is 0 Å². The number of nitrogens with zero attached hydrogens (tertiary/aromatic N) is 2. The predicted molar refractivity (Wildman–Crippen MR) is 126 cm³/mol. The zero-order valence-corrected chi connectivity index (χ0v) is 20.1. The second-order valence-electron chi connectivity index (χ2n) is 9.49. The molecule has 0 bridgehead atoms. The van der Waals surface area contributed by atoms with E-state index in [0.29, 0.717) is 44.8 Å². The van der Waals surface area contributed by atoms with Crippen molar-refractivity contribution in [1.29, 1.82) is 0 Å². The van der Waals surface area contributed by atoms with Gasteiger partial charge in [-0.05, 0) is 74.4 Å². The molecule has 1 aliphatic carbocycles. The first kappa shape index (κ1) is 23.1. The molecule has 0 atom stereocenters. The summed E-state index contributed by atoms with van der Waals surface area (Å²) >= 11 is 0. The summed E-state index contributed by atoms with van der Waals surface area (Å²) in [5, 5.41) is 2.87. The van der Waals surface area contributed by atoms with Gasteiger partial charge >= 0.3 is 0 Å². The standard InChI is InChI=1S/C25H31N3O5S/c29-24(26-17-21-7-3-15-33-21)18-10-13-27(14-11-18)34(31,32)22-8-9-23-20(16-22)6-2-12-28(23)25(30)19-4-1-5-19/h3,7-9,15-16,18-19H,1-2,4-6,10-14,17H2,(H,26,29). The van der Waals surface area contributed by atoms with Crippen LogP contribution in [-0.4, -0.2) is 44.2 Å². The Labute approximate surface area is 200 Å². The number of furan rings is 1. The third-order valence-electron chi connectivity index (χ3n) is 7.37. The number of hydrogen-bond acceptors (Lipinski definition) is 5. The number of anilines is 1. The quantitative estimate of drug-likeness (QED) is 0.678. The SMILES string of the molecule is O=C(NCc1ccco1)C1CCN(S(=O)(=O)c2ccc3c(c2)CCCN3C(=O)C2CCC2)CC1. The van der Waals surface area contributed by atoms with E-state index in [0.717, 1.165) is 43.4 Å². The summed E-state index contributed by atoms with van der Waals surface area (Å²) in [5.41, 5.74) is 1.78. The number of nitrogens with one attached hydrogen (secondary N) is 1. The minimum Gasteiger partial charge on any atom is -0.467 e. The molecule has 5 rings (SSSR count). The molecule has 1 saturated carbocycles. The summed E-state index contributed by atoms with van der Waals surface area (Å²) in [4.78, 5) is 27.4. The summed E-state index contributed by atoms with van der Waals surface area (Å²) < 4.78 is 33.4. The fourth-order valence-corrected chi connectivity index (χ4v) is 6.60. The van der Waals surface area contributed by atoms with E-state index in [1.807, 2.05) is 4.90 Å². The van der Waals surface area contributed by atoms with Crippen LogP contribution in [0.3, 0.4) is 0 Å². The Hall–Kier alpha value is -2.65. The Kier molecular flexibility index (Phi) is 6.48. The molecular formula is C25H31N3O5S. The molecule has 3 aliphatic rings. The highest BCUT2D eigenvalue weighted by atomic mass is 32.2. The van der Waals surface area contributed by atoms with E-state index < -0.39 is 10.0 Å². The number of aryl methyl sites for hydroxylation is 1. The van der Waals surface area contributed by atoms with Gasteiger partial charge in [-0.15, -0.1) is 0 Å². The molecule has 2 fully saturated rings. The van der Waals surface area contributed by atoms with E-state index in [-0.39, 0.29) is 28.5 Å². The van der Waals surface area contributed by atoms with Gasteiger partial charge in [0.15, 0.2) is 0 Å². The first-order valence-electron chi connectivity index (χ1n) is 12.2. The third-order valence-corrected chi connectivity index (χ3v) is 9.26. The van der Waals surface area contributed by atoms with Crippen LogP contribution in [-0.2, 0) is 32.6 Å². The van der Waals surface area contributed by atoms with Gasteiger partial charge in [0, 0.05) is 37.2 Å². The van der Waals surface area contributed by atoms with Crippen molar-refractivity contribution in [2.45, 2.75) is 56.4 Å². The molecule has 0 unspecified atom stereocenters. The maximum Gasteiger partial charge on any atom is 0.243 e. The number of rotatable bonds is 6. The summed E-state index contributed by atoms with van der Waals surface area (Å²) in [7, 11) is -3.66. The van der Waals surface area contributed by atoms with Crippen molar-refractivity contribution in [2.24, 2.45) is 11.8 Å². The number of fused-ring (bicyclic) bond motifs is 1. The van der Waals surface area contributed by atoms with Crippen molar-refractivity contribution < 1.29 is 22.4 Å². The summed E-state index contributed by atoms with van der Waals surface area (Å²) in [5.74, 6) is 0.699. The number of benzene rings is 1. The second kappa shape index (κ2) is 9.54. The molecule has 0 spiro atoms. The van der Waals surface area contributed by atoms with Gasteiger partial charge in [0.1, 0.15) is 5.76 Å². The molecule has 2 aliphatic heterocycles. The maximum absolute atomic E-state index is 13.3. The van der Waals surface area contributed by atoms with Gasteiger partial charge in [-0.25, -0.2) is 8.42 Å². The van der Waals surface area contributed by atoms with Crippen molar-refractivity contribution in [3.05, 3.63) is 47.9 Å². The van der Waals surface area contributed by atoms with Crippen LogP contribution in [0.25, 0.3) is 0 Å². The van der Waals surface area contributed by atoms with Gasteiger partial charge in [-0.1, -0.05) is 6.42 Å². The van der Waals surface area contributed by atoms with Gasteiger partial charge in [0.05, 0.1) is 17.7 Å². The van der Waals surface area contributed by atoms with Crippen LogP contribution < -0.4 is 10.2 Å². The Morgan fingerprint density at radius 1 is 1.00 bits per heavy atom. The predicted octanol–water partition coefficient (Wildman–Crippen LogP) is 3.08. The topological polar surface area (TPSA) is 99.9 Å². The normalized spacial score (nSPS) is 19.9. The fraction of sp³-hybridized carbons (Fsp3) is 0.520. The van der Waals surface area contributed by atoms with E-state index in [1.165, 1.54) is 4.31 Å². The average Bonchev–Trinajstić information content (AvgIpc) is 3.34. The lowest BCUT2D eigenvalue weighted by Crippen LogP contribution is -2.43. The Bertz CT molecular complexity index is 1150. The van der Waals surface area contributed by atoms with E-state index in [1.54, 1.807) is 36.6 Å². The number of amides is 2. The van der Waals surface area contributed by atoms with Gasteiger partial charge < -0.3 is 14.6 Å². The highest BCUT2D eigenvalue weighted by molar-refractivity contribution is 7.89. The first-order chi connectivity index (χ1) is 16.4.